The van der Waals surface area contributed by atoms with Crippen molar-refractivity contribution in [1.82, 2.24) is 4.90 Å². The largest absolute Gasteiger partial charge is 0.336 e. The zero-order valence-corrected chi connectivity index (χ0v) is 12.1. The van der Waals surface area contributed by atoms with Gasteiger partial charge in [0.05, 0.1) is 6.07 Å². The summed E-state index contributed by atoms with van der Waals surface area (Å²) in [5, 5.41) is 9.05. The summed E-state index contributed by atoms with van der Waals surface area (Å²) in [7, 11) is 0. The molecule has 0 saturated heterocycles. The van der Waals surface area contributed by atoms with Crippen LogP contribution in [0.15, 0.2) is 0 Å². The number of hydrogen-bond acceptors (Lipinski definition) is 2. The third-order valence-electron chi connectivity index (χ3n) is 4.75. The van der Waals surface area contributed by atoms with Crippen LogP contribution in [-0.2, 0) is 4.79 Å². The zero-order chi connectivity index (χ0) is 13.7. The predicted molar refractivity (Wildman–Crippen MR) is 75.4 cm³/mol. The van der Waals surface area contributed by atoms with Gasteiger partial charge in [-0.1, -0.05) is 38.5 Å². The Kier molecular flexibility index (Phi) is 5.24. The molecule has 2 rings (SSSR count). The lowest BCUT2D eigenvalue weighted by Crippen LogP contribution is -2.50. The molecule has 1 amide bonds. The number of amides is 1. The van der Waals surface area contributed by atoms with Gasteiger partial charge in [-0.05, 0) is 32.6 Å². The van der Waals surface area contributed by atoms with E-state index in [4.69, 9.17) is 5.26 Å². The Labute approximate surface area is 117 Å². The van der Waals surface area contributed by atoms with Crippen LogP contribution in [0, 0.1) is 17.2 Å². The molecule has 0 spiro atoms. The van der Waals surface area contributed by atoms with Crippen molar-refractivity contribution in [3.05, 3.63) is 0 Å². The van der Waals surface area contributed by atoms with Crippen molar-refractivity contribution in [2.45, 2.75) is 83.2 Å². The molecule has 2 saturated carbocycles. The van der Waals surface area contributed by atoms with Crippen molar-refractivity contribution in [1.29, 1.82) is 5.26 Å². The van der Waals surface area contributed by atoms with Crippen LogP contribution in [0.2, 0.25) is 0 Å². The first-order valence-corrected chi connectivity index (χ1v) is 7.96. The van der Waals surface area contributed by atoms with Crippen molar-refractivity contribution >= 4 is 5.91 Å². The lowest BCUT2D eigenvalue weighted by Gasteiger charge is -2.42. The zero-order valence-electron chi connectivity index (χ0n) is 12.1. The number of hydrogen-bond donors (Lipinski definition) is 0. The average molecular weight is 262 g/mol. The highest BCUT2D eigenvalue weighted by molar-refractivity contribution is 5.81. The minimum atomic E-state index is -0.483. The van der Waals surface area contributed by atoms with E-state index < -0.39 is 5.92 Å². The van der Waals surface area contributed by atoms with E-state index in [-0.39, 0.29) is 5.91 Å². The number of nitriles is 1. The molecule has 2 aliphatic rings. The van der Waals surface area contributed by atoms with Crippen LogP contribution in [0.5, 0.6) is 0 Å². The van der Waals surface area contributed by atoms with Crippen molar-refractivity contribution in [2.24, 2.45) is 5.92 Å². The summed E-state index contributed by atoms with van der Waals surface area (Å²) in [6, 6.07) is 2.94. The lowest BCUT2D eigenvalue weighted by molar-refractivity contribution is -0.140. The fourth-order valence-corrected chi connectivity index (χ4v) is 3.66. The van der Waals surface area contributed by atoms with Gasteiger partial charge in [0, 0.05) is 12.1 Å². The molecule has 2 aliphatic carbocycles. The lowest BCUT2D eigenvalue weighted by atomic mass is 9.87. The second-order valence-corrected chi connectivity index (χ2v) is 6.18. The molecule has 0 aromatic heterocycles. The highest BCUT2D eigenvalue weighted by Gasteiger charge is 2.34. The summed E-state index contributed by atoms with van der Waals surface area (Å²) in [5.41, 5.74) is 0. The first kappa shape index (κ1) is 14.4. The molecule has 0 aliphatic heterocycles. The van der Waals surface area contributed by atoms with Gasteiger partial charge in [-0.2, -0.15) is 5.26 Å². The average Bonchev–Trinajstić information content (AvgIpc) is 2.49. The highest BCUT2D eigenvalue weighted by Crippen LogP contribution is 2.31. The Hall–Kier alpha value is -1.04. The van der Waals surface area contributed by atoms with Gasteiger partial charge >= 0.3 is 0 Å². The van der Waals surface area contributed by atoms with Gasteiger partial charge in [0.25, 0.3) is 0 Å². The first-order valence-electron chi connectivity index (χ1n) is 7.96. The van der Waals surface area contributed by atoms with Gasteiger partial charge in [-0.15, -0.1) is 0 Å². The molecule has 1 unspecified atom stereocenters. The summed E-state index contributed by atoms with van der Waals surface area (Å²) in [5.74, 6) is -0.398. The molecule has 0 radical (unpaired) electrons. The molecule has 0 aromatic rings. The van der Waals surface area contributed by atoms with Gasteiger partial charge in [0.15, 0.2) is 0 Å². The molecule has 0 N–H and O–H groups in total. The Morgan fingerprint density at radius 2 is 1.42 bits per heavy atom. The number of carbonyl (C=O) groups excluding carboxylic acids is 1. The fraction of sp³-hybridized carbons (Fsp3) is 0.875. The monoisotopic (exact) mass is 262 g/mol. The van der Waals surface area contributed by atoms with Gasteiger partial charge in [-0.3, -0.25) is 4.79 Å². The van der Waals surface area contributed by atoms with E-state index >= 15 is 0 Å². The molecule has 1 atom stereocenters. The normalized spacial score (nSPS) is 23.6. The van der Waals surface area contributed by atoms with Crippen molar-refractivity contribution < 1.29 is 4.79 Å². The highest BCUT2D eigenvalue weighted by atomic mass is 16.2. The maximum absolute atomic E-state index is 12.6. The SMILES string of the molecule is CC(C#N)C(=O)N(C1CCCCC1)C1CCCCC1. The summed E-state index contributed by atoms with van der Waals surface area (Å²) in [6.45, 7) is 1.75. The Morgan fingerprint density at radius 1 is 1.00 bits per heavy atom. The van der Waals surface area contributed by atoms with Crippen LogP contribution >= 0.6 is 0 Å². The van der Waals surface area contributed by atoms with E-state index in [1.54, 1.807) is 6.92 Å². The Bertz CT molecular complexity index is 317. The number of nitrogens with zero attached hydrogens (tertiary/aromatic N) is 2. The van der Waals surface area contributed by atoms with Crippen molar-refractivity contribution in [3.63, 3.8) is 0 Å². The van der Waals surface area contributed by atoms with Gasteiger partial charge < -0.3 is 4.90 Å². The van der Waals surface area contributed by atoms with Crippen LogP contribution in [0.1, 0.15) is 71.1 Å². The van der Waals surface area contributed by atoms with Gasteiger partial charge in [-0.25, -0.2) is 0 Å². The van der Waals surface area contributed by atoms with Gasteiger partial charge in [0.2, 0.25) is 5.91 Å². The third-order valence-corrected chi connectivity index (χ3v) is 4.75. The summed E-state index contributed by atoms with van der Waals surface area (Å²) >= 11 is 0. The second kappa shape index (κ2) is 6.93. The smallest absolute Gasteiger partial charge is 0.240 e. The summed E-state index contributed by atoms with van der Waals surface area (Å²) < 4.78 is 0. The first-order chi connectivity index (χ1) is 9.24. The van der Waals surface area contributed by atoms with E-state index in [2.05, 4.69) is 11.0 Å². The molecule has 3 heteroatoms. The Balaban J connectivity index is 2.11. The molecule has 0 bridgehead atoms. The van der Waals surface area contributed by atoms with Crippen LogP contribution in [0.4, 0.5) is 0 Å². The quantitative estimate of drug-likeness (QED) is 0.779. The maximum Gasteiger partial charge on any atom is 0.240 e. The standard InChI is InChI=1S/C16H26N2O/c1-13(12-17)16(19)18(14-8-4-2-5-9-14)15-10-6-3-7-11-15/h13-15H,2-11H2,1H3. The van der Waals surface area contributed by atoms with E-state index in [0.717, 1.165) is 25.7 Å². The van der Waals surface area contributed by atoms with E-state index in [0.29, 0.717) is 12.1 Å². The third kappa shape index (κ3) is 3.49. The summed E-state index contributed by atoms with van der Waals surface area (Å²) in [4.78, 5) is 14.7. The van der Waals surface area contributed by atoms with Crippen LogP contribution in [-0.4, -0.2) is 22.9 Å². The fourth-order valence-electron chi connectivity index (χ4n) is 3.66. The topological polar surface area (TPSA) is 44.1 Å². The summed E-state index contributed by atoms with van der Waals surface area (Å²) in [6.07, 6.45) is 12.1. The molecular formula is C16H26N2O. The molecule has 3 nitrogen and oxygen atoms in total. The molecule has 19 heavy (non-hydrogen) atoms. The molecule has 0 heterocycles. The molecule has 106 valence electrons. The second-order valence-electron chi connectivity index (χ2n) is 6.18. The van der Waals surface area contributed by atoms with Crippen molar-refractivity contribution in [3.8, 4) is 6.07 Å². The number of rotatable bonds is 3. The van der Waals surface area contributed by atoms with E-state index in [1.807, 2.05) is 0 Å². The molecule has 2 fully saturated rings. The van der Waals surface area contributed by atoms with Crippen LogP contribution in [0.3, 0.4) is 0 Å². The van der Waals surface area contributed by atoms with Crippen LogP contribution in [0.25, 0.3) is 0 Å². The number of carbonyl (C=O) groups is 1. The molecule has 0 aromatic carbocycles. The maximum atomic E-state index is 12.6. The van der Waals surface area contributed by atoms with E-state index in [1.165, 1.54) is 38.5 Å². The van der Waals surface area contributed by atoms with Crippen molar-refractivity contribution in [2.75, 3.05) is 0 Å². The van der Waals surface area contributed by atoms with E-state index in [9.17, 15) is 4.79 Å². The predicted octanol–water partition coefficient (Wildman–Crippen LogP) is 3.64. The van der Waals surface area contributed by atoms with Gasteiger partial charge in [0.1, 0.15) is 5.92 Å². The Morgan fingerprint density at radius 3 is 1.79 bits per heavy atom. The van der Waals surface area contributed by atoms with Crippen LogP contribution < -0.4 is 0 Å². The minimum Gasteiger partial charge on any atom is -0.336 e. The minimum absolute atomic E-state index is 0.0845. The molecular weight excluding hydrogens is 236 g/mol.